The van der Waals surface area contributed by atoms with E-state index in [-0.39, 0.29) is 6.10 Å². The Morgan fingerprint density at radius 3 is 2.90 bits per heavy atom. The van der Waals surface area contributed by atoms with Gasteiger partial charge in [-0.15, -0.1) is 0 Å². The average molecular weight is 291 g/mol. The first-order valence-corrected chi connectivity index (χ1v) is 7.20. The van der Waals surface area contributed by atoms with Crippen LogP contribution in [0.25, 0.3) is 10.9 Å². The van der Waals surface area contributed by atoms with E-state index in [9.17, 15) is 5.11 Å². The second-order valence-corrected chi connectivity index (χ2v) is 5.90. The molecule has 0 saturated carbocycles. The minimum Gasteiger partial charge on any atom is -0.483 e. The zero-order chi connectivity index (χ0) is 15.0. The quantitative estimate of drug-likeness (QED) is 0.817. The molecule has 1 aliphatic heterocycles. The first kappa shape index (κ1) is 14.2. The maximum absolute atomic E-state index is 10.1. The van der Waals surface area contributed by atoms with Crippen molar-refractivity contribution >= 4 is 16.6 Å². The van der Waals surface area contributed by atoms with Gasteiger partial charge in [0.2, 0.25) is 0 Å². The number of nitrogens with zero attached hydrogens (tertiary/aromatic N) is 2. The normalized spacial score (nSPS) is 18.4. The number of ether oxygens (including phenoxy) is 2. The summed E-state index contributed by atoms with van der Waals surface area (Å²) in [7, 11) is 0. The second-order valence-electron chi connectivity index (χ2n) is 5.90. The van der Waals surface area contributed by atoms with Crippen LogP contribution in [0, 0.1) is 0 Å². The highest BCUT2D eigenvalue weighted by molar-refractivity contribution is 5.84. The zero-order valence-corrected chi connectivity index (χ0v) is 12.4. The van der Waals surface area contributed by atoms with E-state index in [2.05, 4.69) is 5.10 Å². The van der Waals surface area contributed by atoms with E-state index < -0.39 is 5.60 Å². The molecular weight excluding hydrogens is 270 g/mol. The third kappa shape index (κ3) is 2.96. The van der Waals surface area contributed by atoms with Crippen molar-refractivity contribution in [1.82, 2.24) is 9.78 Å². The summed E-state index contributed by atoms with van der Waals surface area (Å²) in [4.78, 5) is 0. The number of nitrogen functional groups attached to an aromatic ring is 1. The first-order chi connectivity index (χ1) is 9.97. The molecule has 3 N–H and O–H groups in total. The Morgan fingerprint density at radius 2 is 2.29 bits per heavy atom. The Bertz CT molecular complexity index is 647. The number of hydrogen-bond donors (Lipinski definition) is 2. The Balaban J connectivity index is 1.86. The van der Waals surface area contributed by atoms with E-state index in [1.165, 1.54) is 0 Å². The van der Waals surface area contributed by atoms with E-state index in [1.807, 2.05) is 25.3 Å². The number of aromatic nitrogens is 2. The molecule has 0 amide bonds. The van der Waals surface area contributed by atoms with Crippen LogP contribution in [-0.2, 0) is 11.3 Å². The maximum atomic E-state index is 10.1. The molecule has 1 unspecified atom stereocenters. The van der Waals surface area contributed by atoms with Gasteiger partial charge in [-0.2, -0.15) is 5.10 Å². The number of fused-ring (bicyclic) bond motifs is 1. The molecule has 114 valence electrons. The lowest BCUT2D eigenvalue weighted by Gasteiger charge is -2.27. The molecule has 1 aromatic carbocycles. The molecule has 3 rings (SSSR count). The second kappa shape index (κ2) is 5.20. The number of benzene rings is 1. The van der Waals surface area contributed by atoms with Crippen LogP contribution in [-0.4, -0.2) is 39.8 Å². The van der Waals surface area contributed by atoms with E-state index in [0.29, 0.717) is 37.6 Å². The Morgan fingerprint density at radius 1 is 1.52 bits per heavy atom. The van der Waals surface area contributed by atoms with Crippen molar-refractivity contribution in [3.63, 3.8) is 0 Å². The fraction of sp³-hybridized carbons (Fsp3) is 0.533. The van der Waals surface area contributed by atoms with Crippen molar-refractivity contribution in [3.05, 3.63) is 18.3 Å². The van der Waals surface area contributed by atoms with Gasteiger partial charge in [-0.25, -0.2) is 0 Å². The van der Waals surface area contributed by atoms with E-state index in [0.717, 1.165) is 10.9 Å². The number of aliphatic hydroxyl groups is 1. The van der Waals surface area contributed by atoms with Gasteiger partial charge in [-0.05, 0) is 19.4 Å². The monoisotopic (exact) mass is 291 g/mol. The van der Waals surface area contributed by atoms with Gasteiger partial charge in [-0.1, -0.05) is 6.92 Å². The van der Waals surface area contributed by atoms with Crippen molar-refractivity contribution < 1.29 is 14.6 Å². The van der Waals surface area contributed by atoms with Crippen LogP contribution < -0.4 is 10.5 Å². The highest BCUT2D eigenvalue weighted by Crippen LogP contribution is 2.29. The van der Waals surface area contributed by atoms with Crippen LogP contribution in [0.1, 0.15) is 20.3 Å². The summed E-state index contributed by atoms with van der Waals surface area (Å²) in [5.41, 5.74) is 6.66. The molecule has 2 heterocycles. The fourth-order valence-corrected chi connectivity index (χ4v) is 2.23. The minimum atomic E-state index is -0.768. The standard InChI is InChI=1S/C15H21N3O3/c1-3-15(2,19)9-18-6-10-4-12(16)14(5-13(10)17-18)21-11-7-20-8-11/h4-6,11,19H,3,7-9,16H2,1-2H3. The van der Waals surface area contributed by atoms with Crippen molar-refractivity contribution in [1.29, 1.82) is 0 Å². The zero-order valence-electron chi connectivity index (χ0n) is 12.4. The maximum Gasteiger partial charge on any atom is 0.145 e. The summed E-state index contributed by atoms with van der Waals surface area (Å²) >= 11 is 0. The molecule has 1 saturated heterocycles. The summed E-state index contributed by atoms with van der Waals surface area (Å²) in [6.45, 7) is 5.41. The predicted molar refractivity (Wildman–Crippen MR) is 80.3 cm³/mol. The van der Waals surface area contributed by atoms with E-state index in [4.69, 9.17) is 15.2 Å². The van der Waals surface area contributed by atoms with Gasteiger partial charge in [0, 0.05) is 17.6 Å². The van der Waals surface area contributed by atoms with Crippen LogP contribution >= 0.6 is 0 Å². The van der Waals surface area contributed by atoms with Crippen LogP contribution in [0.4, 0.5) is 5.69 Å². The van der Waals surface area contributed by atoms with Gasteiger partial charge in [0.25, 0.3) is 0 Å². The molecule has 6 nitrogen and oxygen atoms in total. The molecule has 6 heteroatoms. The molecule has 1 fully saturated rings. The molecule has 0 aliphatic carbocycles. The van der Waals surface area contributed by atoms with Gasteiger partial charge < -0.3 is 20.3 Å². The summed E-state index contributed by atoms with van der Waals surface area (Å²) in [5.74, 6) is 0.642. The summed E-state index contributed by atoms with van der Waals surface area (Å²) in [6, 6.07) is 3.70. The molecule has 1 atom stereocenters. The van der Waals surface area contributed by atoms with E-state index in [1.54, 1.807) is 11.6 Å². The van der Waals surface area contributed by atoms with Gasteiger partial charge in [-0.3, -0.25) is 4.68 Å². The van der Waals surface area contributed by atoms with Crippen LogP contribution in [0.3, 0.4) is 0 Å². The highest BCUT2D eigenvalue weighted by atomic mass is 16.6. The lowest BCUT2D eigenvalue weighted by molar-refractivity contribution is -0.0793. The number of rotatable bonds is 5. The molecule has 1 aromatic heterocycles. The smallest absolute Gasteiger partial charge is 0.145 e. The third-order valence-electron chi connectivity index (χ3n) is 3.85. The topological polar surface area (TPSA) is 82.5 Å². The van der Waals surface area contributed by atoms with Gasteiger partial charge in [0.05, 0.1) is 36.6 Å². The lowest BCUT2D eigenvalue weighted by Crippen LogP contribution is -2.38. The lowest BCUT2D eigenvalue weighted by atomic mass is 10.0. The molecule has 0 bridgehead atoms. The summed E-state index contributed by atoms with van der Waals surface area (Å²) < 4.78 is 12.6. The fourth-order valence-electron chi connectivity index (χ4n) is 2.23. The molecule has 0 spiro atoms. The van der Waals surface area contributed by atoms with Crippen molar-refractivity contribution in [2.24, 2.45) is 0 Å². The summed E-state index contributed by atoms with van der Waals surface area (Å²) in [6.07, 6.45) is 2.64. The largest absolute Gasteiger partial charge is 0.483 e. The molecule has 2 aromatic rings. The number of hydrogen-bond acceptors (Lipinski definition) is 5. The Labute approximate surface area is 123 Å². The average Bonchev–Trinajstić information content (AvgIpc) is 2.74. The molecule has 1 aliphatic rings. The van der Waals surface area contributed by atoms with Gasteiger partial charge >= 0.3 is 0 Å². The van der Waals surface area contributed by atoms with E-state index >= 15 is 0 Å². The Hall–Kier alpha value is -1.79. The molecular formula is C15H21N3O3. The van der Waals surface area contributed by atoms with Gasteiger partial charge in [0.15, 0.2) is 0 Å². The van der Waals surface area contributed by atoms with Crippen molar-refractivity contribution in [2.45, 2.75) is 38.5 Å². The first-order valence-electron chi connectivity index (χ1n) is 7.20. The van der Waals surface area contributed by atoms with Crippen molar-refractivity contribution in [3.8, 4) is 5.75 Å². The predicted octanol–water partition coefficient (Wildman–Crippen LogP) is 1.56. The third-order valence-corrected chi connectivity index (χ3v) is 3.85. The van der Waals surface area contributed by atoms with Gasteiger partial charge in [0.1, 0.15) is 11.9 Å². The number of anilines is 1. The van der Waals surface area contributed by atoms with Crippen LogP contribution in [0.5, 0.6) is 5.75 Å². The molecule has 21 heavy (non-hydrogen) atoms. The Kier molecular flexibility index (Phi) is 3.51. The van der Waals surface area contributed by atoms with Crippen LogP contribution in [0.15, 0.2) is 18.3 Å². The highest BCUT2D eigenvalue weighted by Gasteiger charge is 2.22. The minimum absolute atomic E-state index is 0.0765. The SMILES string of the molecule is CCC(C)(O)Cn1cc2cc(N)c(OC3COC3)cc2n1. The van der Waals surface area contributed by atoms with Crippen LogP contribution in [0.2, 0.25) is 0 Å². The summed E-state index contributed by atoms with van der Waals surface area (Å²) in [5, 5.41) is 15.6. The number of nitrogens with two attached hydrogens (primary N) is 1. The molecule has 0 radical (unpaired) electrons. The van der Waals surface area contributed by atoms with Crippen molar-refractivity contribution in [2.75, 3.05) is 18.9 Å².